The normalized spacial score (nSPS) is 10.4. The number of nitrogens with zero attached hydrogens (tertiary/aromatic N) is 3. The zero-order valence-electron chi connectivity index (χ0n) is 15.8. The standard InChI is InChI=1S/C21H22ClN5O/c1-3-27(4-2)18-11-9-17(10-12-18)26-21(28)19-13-20(24-14-23-19)25-16-7-5-15(22)6-8-16/h5-14H,3-4H2,1-2H3,(H,26,28)(H,23,24,25). The van der Waals surface area contributed by atoms with Crippen molar-refractivity contribution in [2.45, 2.75) is 13.8 Å². The molecule has 6 nitrogen and oxygen atoms in total. The van der Waals surface area contributed by atoms with Crippen molar-refractivity contribution in [1.82, 2.24) is 9.97 Å². The summed E-state index contributed by atoms with van der Waals surface area (Å²) >= 11 is 5.89. The Hall–Kier alpha value is -3.12. The maximum atomic E-state index is 12.5. The zero-order chi connectivity index (χ0) is 19.9. The molecule has 144 valence electrons. The van der Waals surface area contributed by atoms with Gasteiger partial charge in [0.15, 0.2) is 0 Å². The van der Waals surface area contributed by atoms with Crippen molar-refractivity contribution >= 4 is 40.4 Å². The van der Waals surface area contributed by atoms with Crippen molar-refractivity contribution in [3.8, 4) is 0 Å². The molecule has 2 N–H and O–H groups in total. The summed E-state index contributed by atoms with van der Waals surface area (Å²) in [6.45, 7) is 6.10. The highest BCUT2D eigenvalue weighted by molar-refractivity contribution is 6.30. The molecular formula is C21H22ClN5O. The molecule has 1 heterocycles. The van der Waals surface area contributed by atoms with Crippen LogP contribution < -0.4 is 15.5 Å². The van der Waals surface area contributed by atoms with Gasteiger partial charge in [0.1, 0.15) is 17.8 Å². The molecule has 7 heteroatoms. The van der Waals surface area contributed by atoms with Crippen LogP contribution in [0.3, 0.4) is 0 Å². The fourth-order valence-electron chi connectivity index (χ4n) is 2.77. The molecule has 0 aliphatic carbocycles. The van der Waals surface area contributed by atoms with Crippen LogP contribution in [0.25, 0.3) is 0 Å². The maximum absolute atomic E-state index is 12.5. The van der Waals surface area contributed by atoms with Gasteiger partial charge in [0, 0.05) is 41.2 Å². The fraction of sp³-hybridized carbons (Fsp3) is 0.190. The average Bonchev–Trinajstić information content (AvgIpc) is 2.72. The van der Waals surface area contributed by atoms with Gasteiger partial charge in [-0.3, -0.25) is 4.79 Å². The molecule has 0 aliphatic rings. The van der Waals surface area contributed by atoms with E-state index in [0.717, 1.165) is 24.5 Å². The quantitative estimate of drug-likeness (QED) is 0.590. The van der Waals surface area contributed by atoms with Crippen molar-refractivity contribution in [1.29, 1.82) is 0 Å². The molecule has 0 aliphatic heterocycles. The lowest BCUT2D eigenvalue weighted by atomic mass is 10.2. The summed E-state index contributed by atoms with van der Waals surface area (Å²) in [4.78, 5) is 23.0. The van der Waals surface area contributed by atoms with E-state index in [4.69, 9.17) is 11.6 Å². The SMILES string of the molecule is CCN(CC)c1ccc(NC(=O)c2cc(Nc3ccc(Cl)cc3)ncn2)cc1. The van der Waals surface area contributed by atoms with Gasteiger partial charge in [-0.15, -0.1) is 0 Å². The molecule has 3 rings (SSSR count). The van der Waals surface area contributed by atoms with Crippen LogP contribution in [0.15, 0.2) is 60.9 Å². The highest BCUT2D eigenvalue weighted by atomic mass is 35.5. The van der Waals surface area contributed by atoms with Gasteiger partial charge in [0.05, 0.1) is 0 Å². The number of halogens is 1. The topological polar surface area (TPSA) is 70.2 Å². The van der Waals surface area contributed by atoms with Gasteiger partial charge in [-0.05, 0) is 62.4 Å². The van der Waals surface area contributed by atoms with Gasteiger partial charge >= 0.3 is 0 Å². The minimum absolute atomic E-state index is 0.277. The number of carbonyl (C=O) groups is 1. The lowest BCUT2D eigenvalue weighted by Crippen LogP contribution is -2.21. The average molecular weight is 396 g/mol. The fourth-order valence-corrected chi connectivity index (χ4v) is 2.90. The molecule has 3 aromatic rings. The third-order valence-electron chi connectivity index (χ3n) is 4.27. The lowest BCUT2D eigenvalue weighted by molar-refractivity contribution is 0.102. The van der Waals surface area contributed by atoms with Gasteiger partial charge in [-0.2, -0.15) is 0 Å². The lowest BCUT2D eigenvalue weighted by Gasteiger charge is -2.21. The van der Waals surface area contributed by atoms with E-state index in [1.54, 1.807) is 18.2 Å². The number of nitrogens with one attached hydrogen (secondary N) is 2. The Balaban J connectivity index is 1.68. The zero-order valence-corrected chi connectivity index (χ0v) is 16.6. The first-order valence-corrected chi connectivity index (χ1v) is 9.48. The molecule has 0 saturated carbocycles. The van der Waals surface area contributed by atoms with Crippen LogP contribution in [0.4, 0.5) is 22.9 Å². The van der Waals surface area contributed by atoms with Crippen LogP contribution in [0, 0.1) is 0 Å². The molecule has 1 aromatic heterocycles. The van der Waals surface area contributed by atoms with E-state index in [0.29, 0.717) is 16.5 Å². The Morgan fingerprint density at radius 1 is 0.964 bits per heavy atom. The third kappa shape index (κ3) is 4.98. The summed E-state index contributed by atoms with van der Waals surface area (Å²) in [6, 6.07) is 16.6. The summed E-state index contributed by atoms with van der Waals surface area (Å²) in [5.41, 5.74) is 2.94. The predicted octanol–water partition coefficient (Wildman–Crippen LogP) is 4.97. The minimum Gasteiger partial charge on any atom is -0.372 e. The maximum Gasteiger partial charge on any atom is 0.274 e. The molecule has 28 heavy (non-hydrogen) atoms. The molecule has 0 bridgehead atoms. The number of anilines is 4. The second-order valence-electron chi connectivity index (χ2n) is 6.09. The van der Waals surface area contributed by atoms with Gasteiger partial charge in [0.2, 0.25) is 0 Å². The Morgan fingerprint density at radius 3 is 2.25 bits per heavy atom. The van der Waals surface area contributed by atoms with E-state index >= 15 is 0 Å². The summed E-state index contributed by atoms with van der Waals surface area (Å²) in [5.74, 6) is 0.233. The van der Waals surface area contributed by atoms with E-state index in [2.05, 4.69) is 39.3 Å². The number of hydrogen-bond donors (Lipinski definition) is 2. The Labute approximate surface area is 169 Å². The molecule has 0 atom stereocenters. The van der Waals surface area contributed by atoms with E-state index in [1.165, 1.54) is 6.33 Å². The number of rotatable bonds is 7. The Bertz CT molecular complexity index is 924. The number of hydrogen-bond acceptors (Lipinski definition) is 5. The smallest absolute Gasteiger partial charge is 0.274 e. The van der Waals surface area contributed by atoms with Crippen LogP contribution in [-0.2, 0) is 0 Å². The number of amides is 1. The van der Waals surface area contributed by atoms with Gasteiger partial charge in [-0.25, -0.2) is 9.97 Å². The van der Waals surface area contributed by atoms with Crippen LogP contribution >= 0.6 is 11.6 Å². The molecule has 0 spiro atoms. The molecular weight excluding hydrogens is 374 g/mol. The summed E-state index contributed by atoms with van der Waals surface area (Å²) < 4.78 is 0. The Kier molecular flexibility index (Phi) is 6.45. The van der Waals surface area contributed by atoms with Crippen molar-refractivity contribution in [2.75, 3.05) is 28.6 Å². The minimum atomic E-state index is -0.294. The van der Waals surface area contributed by atoms with Crippen LogP contribution in [-0.4, -0.2) is 29.0 Å². The first kappa shape index (κ1) is 19.6. The van der Waals surface area contributed by atoms with Crippen molar-refractivity contribution in [3.63, 3.8) is 0 Å². The second-order valence-corrected chi connectivity index (χ2v) is 6.53. The van der Waals surface area contributed by atoms with E-state index in [9.17, 15) is 4.79 Å². The number of carbonyl (C=O) groups excluding carboxylic acids is 1. The van der Waals surface area contributed by atoms with Crippen molar-refractivity contribution in [3.05, 3.63) is 71.6 Å². The summed E-state index contributed by atoms with van der Waals surface area (Å²) in [6.07, 6.45) is 1.36. The van der Waals surface area contributed by atoms with Gasteiger partial charge < -0.3 is 15.5 Å². The highest BCUT2D eigenvalue weighted by Gasteiger charge is 2.10. The van der Waals surface area contributed by atoms with E-state index in [-0.39, 0.29) is 11.6 Å². The van der Waals surface area contributed by atoms with E-state index < -0.39 is 0 Å². The van der Waals surface area contributed by atoms with Gasteiger partial charge in [-0.1, -0.05) is 11.6 Å². The molecule has 2 aromatic carbocycles. The Morgan fingerprint density at radius 2 is 1.61 bits per heavy atom. The third-order valence-corrected chi connectivity index (χ3v) is 4.52. The first-order valence-electron chi connectivity index (χ1n) is 9.10. The predicted molar refractivity (Wildman–Crippen MR) is 115 cm³/mol. The molecule has 0 unspecified atom stereocenters. The van der Waals surface area contributed by atoms with Crippen LogP contribution in [0.5, 0.6) is 0 Å². The largest absolute Gasteiger partial charge is 0.372 e. The van der Waals surface area contributed by atoms with E-state index in [1.807, 2.05) is 36.4 Å². The van der Waals surface area contributed by atoms with Crippen LogP contribution in [0.2, 0.25) is 5.02 Å². The van der Waals surface area contributed by atoms with Crippen molar-refractivity contribution in [2.24, 2.45) is 0 Å². The molecule has 0 saturated heterocycles. The summed E-state index contributed by atoms with van der Waals surface area (Å²) in [7, 11) is 0. The van der Waals surface area contributed by atoms with Gasteiger partial charge in [0.25, 0.3) is 5.91 Å². The highest BCUT2D eigenvalue weighted by Crippen LogP contribution is 2.20. The van der Waals surface area contributed by atoms with Crippen molar-refractivity contribution < 1.29 is 4.79 Å². The summed E-state index contributed by atoms with van der Waals surface area (Å²) in [5, 5.41) is 6.65. The molecule has 0 fully saturated rings. The number of benzene rings is 2. The van der Waals surface area contributed by atoms with Crippen LogP contribution in [0.1, 0.15) is 24.3 Å². The molecule has 0 radical (unpaired) electrons. The first-order chi connectivity index (χ1) is 13.6. The monoisotopic (exact) mass is 395 g/mol. The molecule has 1 amide bonds. The number of aromatic nitrogens is 2. The second kappa shape index (κ2) is 9.19.